The number of nitrogens with zero attached hydrogens (tertiary/aromatic N) is 1. The molecule has 2 N–H and O–H groups in total. The molecule has 272 valence electrons. The highest BCUT2D eigenvalue weighted by molar-refractivity contribution is 6.32. The van der Waals surface area contributed by atoms with Gasteiger partial charge in [-0.05, 0) is 103 Å². The Hall–Kier alpha value is -4.75. The second-order valence-corrected chi connectivity index (χ2v) is 13.4. The van der Waals surface area contributed by atoms with Crippen molar-refractivity contribution >= 4 is 40.8 Å². The van der Waals surface area contributed by atoms with Gasteiger partial charge in [-0.2, -0.15) is 0 Å². The Morgan fingerprint density at radius 3 is 2.56 bits per heavy atom. The number of alkyl halides is 1. The van der Waals surface area contributed by atoms with Gasteiger partial charge in [0.1, 0.15) is 36.5 Å². The molecule has 5 rings (SSSR count). The fourth-order valence-corrected chi connectivity index (χ4v) is 6.47. The Bertz CT molecular complexity index is 1940. The van der Waals surface area contributed by atoms with Gasteiger partial charge in [0.25, 0.3) is 0 Å². The summed E-state index contributed by atoms with van der Waals surface area (Å²) in [5, 5.41) is 6.59. The van der Waals surface area contributed by atoms with Gasteiger partial charge in [-0.25, -0.2) is 4.85 Å². The number of rotatable bonds is 9. The molecule has 0 unspecified atom stereocenters. The number of fused-ring (bicyclic) bond motifs is 3. The smallest absolute Gasteiger partial charge is 0.322 e. The van der Waals surface area contributed by atoms with Gasteiger partial charge in [-0.3, -0.25) is 9.59 Å². The summed E-state index contributed by atoms with van der Waals surface area (Å²) >= 11 is 12.7. The quantitative estimate of drug-likeness (QED) is 0.0765. The molecule has 0 aromatic heterocycles. The van der Waals surface area contributed by atoms with Crippen LogP contribution in [0.15, 0.2) is 66.7 Å². The number of nitrogens with one attached hydrogen (secondary N) is 2. The van der Waals surface area contributed by atoms with Gasteiger partial charge in [0.15, 0.2) is 5.69 Å². The van der Waals surface area contributed by atoms with Crippen LogP contribution in [0.25, 0.3) is 16.0 Å². The number of carbonyl (C=O) groups excluding carboxylic acids is 2. The number of hydrogen-bond donors (Lipinski definition) is 2. The van der Waals surface area contributed by atoms with Crippen molar-refractivity contribution in [3.8, 4) is 28.4 Å². The van der Waals surface area contributed by atoms with Crippen LogP contribution < -0.4 is 24.8 Å². The molecule has 0 fully saturated rings. The zero-order chi connectivity index (χ0) is 37.0. The number of benzene rings is 4. The molecule has 0 aliphatic carbocycles. The molecule has 1 aliphatic heterocycles. The number of methoxy groups -OCH3 is 1. The van der Waals surface area contributed by atoms with E-state index in [1.165, 1.54) is 7.11 Å². The SMILES string of the molecule is [C-]#[N+]c1cc2cc(c1)C(=O)NCCCC[C@@H](C(=O)OC)NCc1cc(Cl)c(OCc3cccc(-c4cccc(OCCCCl)c4C)c3C)cc1OC2. The van der Waals surface area contributed by atoms with Gasteiger partial charge < -0.3 is 29.6 Å². The third kappa shape index (κ3) is 9.77. The summed E-state index contributed by atoms with van der Waals surface area (Å²) in [4.78, 5) is 29.2. The number of carbonyl (C=O) groups is 2. The second-order valence-electron chi connectivity index (χ2n) is 12.6. The van der Waals surface area contributed by atoms with E-state index in [4.69, 9.17) is 48.7 Å². The number of amides is 1. The van der Waals surface area contributed by atoms with Crippen molar-refractivity contribution in [3.05, 3.63) is 117 Å². The zero-order valence-electron chi connectivity index (χ0n) is 29.7. The summed E-state index contributed by atoms with van der Waals surface area (Å²) < 4.78 is 23.8. The molecule has 4 aromatic carbocycles. The monoisotopic (exact) mass is 743 g/mol. The number of hydrogen-bond acceptors (Lipinski definition) is 7. The standard InChI is InChI=1S/C41H43Cl2N3O6/c1-26-29(10-7-11-33(26)34-12-8-14-37(27(34)2)50-17-9-15-42)25-52-39-22-38-31(21-35(39)43)23-46-36(41(48)49-4)13-5-6-16-45-40(47)30-18-28(24-51-38)19-32(20-30)44-3/h7-8,10-12,14,18-22,36,46H,5-6,9,13,15-17,23-25H2,1-2,4H3,(H,45,47)/t36-/m0/s1. The molecule has 0 saturated carbocycles. The summed E-state index contributed by atoms with van der Waals surface area (Å²) in [5.74, 6) is 1.63. The molecule has 1 atom stereocenters. The van der Waals surface area contributed by atoms with Gasteiger partial charge in [-0.15, -0.1) is 11.6 Å². The summed E-state index contributed by atoms with van der Waals surface area (Å²) in [6, 6.07) is 20.1. The van der Waals surface area contributed by atoms with Crippen LogP contribution in [0.4, 0.5) is 5.69 Å². The first-order valence-electron chi connectivity index (χ1n) is 17.3. The normalized spacial score (nSPS) is 15.0. The first-order chi connectivity index (χ1) is 25.2. The van der Waals surface area contributed by atoms with Crippen molar-refractivity contribution < 1.29 is 28.5 Å². The van der Waals surface area contributed by atoms with Crippen LogP contribution in [-0.2, 0) is 29.3 Å². The van der Waals surface area contributed by atoms with Crippen LogP contribution in [0, 0.1) is 20.4 Å². The molecule has 0 saturated heterocycles. The Morgan fingerprint density at radius 1 is 1.00 bits per heavy atom. The van der Waals surface area contributed by atoms with E-state index in [1.54, 1.807) is 30.3 Å². The van der Waals surface area contributed by atoms with Crippen molar-refractivity contribution in [3.63, 3.8) is 0 Å². The van der Waals surface area contributed by atoms with Crippen LogP contribution in [0.3, 0.4) is 0 Å². The van der Waals surface area contributed by atoms with E-state index in [0.29, 0.717) is 77.2 Å². The van der Waals surface area contributed by atoms with Crippen LogP contribution in [0.1, 0.15) is 63.9 Å². The van der Waals surface area contributed by atoms with Gasteiger partial charge in [0.2, 0.25) is 5.91 Å². The molecule has 1 amide bonds. The zero-order valence-corrected chi connectivity index (χ0v) is 31.2. The molecule has 9 nitrogen and oxygen atoms in total. The van der Waals surface area contributed by atoms with E-state index in [9.17, 15) is 9.59 Å². The second kappa shape index (κ2) is 18.7. The summed E-state index contributed by atoms with van der Waals surface area (Å²) in [6.07, 6.45) is 2.62. The van der Waals surface area contributed by atoms with E-state index in [2.05, 4.69) is 41.5 Å². The molecule has 2 bridgehead atoms. The lowest BCUT2D eigenvalue weighted by molar-refractivity contribution is -0.143. The lowest BCUT2D eigenvalue weighted by Gasteiger charge is -2.20. The van der Waals surface area contributed by atoms with E-state index in [0.717, 1.165) is 40.0 Å². The minimum Gasteiger partial charge on any atom is -0.493 e. The third-order valence-electron chi connectivity index (χ3n) is 9.05. The van der Waals surface area contributed by atoms with Crippen LogP contribution in [-0.4, -0.2) is 44.1 Å². The van der Waals surface area contributed by atoms with Crippen molar-refractivity contribution in [1.82, 2.24) is 10.6 Å². The minimum atomic E-state index is -0.568. The summed E-state index contributed by atoms with van der Waals surface area (Å²) in [7, 11) is 1.36. The Balaban J connectivity index is 1.43. The number of esters is 1. The van der Waals surface area contributed by atoms with Crippen LogP contribution >= 0.6 is 23.2 Å². The minimum absolute atomic E-state index is 0.0767. The van der Waals surface area contributed by atoms with Crippen molar-refractivity contribution in [2.45, 2.75) is 65.3 Å². The van der Waals surface area contributed by atoms with E-state index in [-0.39, 0.29) is 31.6 Å². The van der Waals surface area contributed by atoms with E-state index >= 15 is 0 Å². The van der Waals surface area contributed by atoms with Crippen molar-refractivity contribution in [1.29, 1.82) is 0 Å². The molecule has 0 radical (unpaired) electrons. The van der Waals surface area contributed by atoms with Crippen LogP contribution in [0.5, 0.6) is 17.2 Å². The first kappa shape index (κ1) is 38.5. The molecule has 11 heteroatoms. The summed E-state index contributed by atoms with van der Waals surface area (Å²) in [5.41, 5.74) is 7.34. The molecular formula is C41H43Cl2N3O6. The Labute approximate surface area is 315 Å². The van der Waals surface area contributed by atoms with E-state index < -0.39 is 6.04 Å². The highest BCUT2D eigenvalue weighted by Crippen LogP contribution is 2.36. The topological polar surface area (TPSA) is 99.5 Å². The maximum Gasteiger partial charge on any atom is 0.322 e. The van der Waals surface area contributed by atoms with Gasteiger partial charge >= 0.3 is 5.97 Å². The number of ether oxygens (including phenoxy) is 4. The molecule has 0 spiro atoms. The number of halogens is 2. The predicted octanol–water partition coefficient (Wildman–Crippen LogP) is 8.89. The fourth-order valence-electron chi connectivity index (χ4n) is 6.12. The predicted molar refractivity (Wildman–Crippen MR) is 204 cm³/mol. The molecule has 52 heavy (non-hydrogen) atoms. The molecule has 4 aromatic rings. The van der Waals surface area contributed by atoms with E-state index in [1.807, 2.05) is 24.3 Å². The van der Waals surface area contributed by atoms with Crippen molar-refractivity contribution in [2.24, 2.45) is 0 Å². The summed E-state index contributed by atoms with van der Waals surface area (Å²) in [6.45, 7) is 13.3. The van der Waals surface area contributed by atoms with Gasteiger partial charge in [0, 0.05) is 36.2 Å². The highest BCUT2D eigenvalue weighted by Gasteiger charge is 2.21. The average Bonchev–Trinajstić information content (AvgIpc) is 3.15. The lowest BCUT2D eigenvalue weighted by Crippen LogP contribution is -2.37. The molecule has 1 aliphatic rings. The fraction of sp³-hybridized carbons (Fsp3) is 0.341. The van der Waals surface area contributed by atoms with Gasteiger partial charge in [0.05, 0.1) is 25.3 Å². The highest BCUT2D eigenvalue weighted by atomic mass is 35.5. The lowest BCUT2D eigenvalue weighted by atomic mass is 9.93. The maximum atomic E-state index is 13.0. The first-order valence-corrected chi connectivity index (χ1v) is 18.2. The molecule has 1 heterocycles. The Kier molecular flexibility index (Phi) is 13.8. The van der Waals surface area contributed by atoms with Crippen LogP contribution in [0.2, 0.25) is 5.02 Å². The largest absolute Gasteiger partial charge is 0.493 e. The Morgan fingerprint density at radius 2 is 1.79 bits per heavy atom. The maximum absolute atomic E-state index is 13.0. The van der Waals surface area contributed by atoms with Gasteiger partial charge in [-0.1, -0.05) is 41.9 Å². The average molecular weight is 745 g/mol. The third-order valence-corrected chi connectivity index (χ3v) is 9.61. The van der Waals surface area contributed by atoms with Crippen molar-refractivity contribution in [2.75, 3.05) is 26.1 Å². The molecular weight excluding hydrogens is 701 g/mol.